The van der Waals surface area contributed by atoms with Crippen LogP contribution in [-0.4, -0.2) is 29.8 Å². The van der Waals surface area contributed by atoms with Crippen molar-refractivity contribution in [2.45, 2.75) is 12.8 Å². The molecular formula is C14H13F2N3O3S. The Labute approximate surface area is 134 Å². The Morgan fingerprint density at radius 1 is 1.48 bits per heavy atom. The van der Waals surface area contributed by atoms with Crippen molar-refractivity contribution in [2.24, 2.45) is 5.92 Å². The summed E-state index contributed by atoms with van der Waals surface area (Å²) in [5, 5.41) is 9.02. The molecule has 0 saturated heterocycles. The Hall–Kier alpha value is -2.29. The van der Waals surface area contributed by atoms with E-state index in [9.17, 15) is 13.6 Å². The minimum Gasteiger partial charge on any atom is -0.497 e. The lowest BCUT2D eigenvalue weighted by Gasteiger charge is -2.24. The molecule has 0 unspecified atom stereocenters. The van der Waals surface area contributed by atoms with Gasteiger partial charge in [0.1, 0.15) is 18.1 Å². The number of halogens is 2. The van der Waals surface area contributed by atoms with E-state index in [4.69, 9.17) is 9.47 Å². The molecule has 0 bridgehead atoms. The van der Waals surface area contributed by atoms with Gasteiger partial charge in [0.15, 0.2) is 5.01 Å². The topological polar surface area (TPSA) is 73.3 Å². The minimum absolute atomic E-state index is 0.0610. The summed E-state index contributed by atoms with van der Waals surface area (Å²) < 4.78 is 35.6. The fourth-order valence-electron chi connectivity index (χ4n) is 2.23. The molecule has 3 rings (SSSR count). The summed E-state index contributed by atoms with van der Waals surface area (Å²) >= 11 is 0.662. The van der Waals surface area contributed by atoms with Crippen LogP contribution in [-0.2, 0) is 11.2 Å². The van der Waals surface area contributed by atoms with Crippen LogP contribution in [0.25, 0.3) is 0 Å². The van der Waals surface area contributed by atoms with E-state index in [1.165, 1.54) is 0 Å². The SMILES string of the molecule is COc1ccc2c(c1)OC[C@@H](C(=O)Nc1nnc(C(F)F)s1)C2. The maximum Gasteiger partial charge on any atom is 0.291 e. The minimum atomic E-state index is -2.70. The molecule has 9 heteroatoms. The second-order valence-electron chi connectivity index (χ2n) is 4.92. The normalized spacial score (nSPS) is 16.6. The third kappa shape index (κ3) is 3.39. The van der Waals surface area contributed by atoms with E-state index in [0.717, 1.165) is 5.56 Å². The van der Waals surface area contributed by atoms with Gasteiger partial charge >= 0.3 is 0 Å². The number of nitrogens with zero attached hydrogens (tertiary/aromatic N) is 2. The van der Waals surface area contributed by atoms with E-state index in [1.807, 2.05) is 6.07 Å². The van der Waals surface area contributed by atoms with Gasteiger partial charge in [-0.1, -0.05) is 17.4 Å². The van der Waals surface area contributed by atoms with Crippen LogP contribution in [0.4, 0.5) is 13.9 Å². The fraction of sp³-hybridized carbons (Fsp3) is 0.357. The van der Waals surface area contributed by atoms with E-state index in [2.05, 4.69) is 15.5 Å². The zero-order chi connectivity index (χ0) is 16.4. The number of rotatable bonds is 4. The van der Waals surface area contributed by atoms with Gasteiger partial charge in [-0.2, -0.15) is 0 Å². The van der Waals surface area contributed by atoms with Crippen LogP contribution in [0.1, 0.15) is 17.0 Å². The average Bonchev–Trinajstić information content (AvgIpc) is 3.02. The first-order chi connectivity index (χ1) is 11.1. The third-order valence-electron chi connectivity index (χ3n) is 3.41. The smallest absolute Gasteiger partial charge is 0.291 e. The Balaban J connectivity index is 1.66. The van der Waals surface area contributed by atoms with Gasteiger partial charge in [-0.15, -0.1) is 10.2 Å². The van der Waals surface area contributed by atoms with E-state index < -0.39 is 17.4 Å². The van der Waals surface area contributed by atoms with Gasteiger partial charge in [-0.3, -0.25) is 4.79 Å². The first-order valence-corrected chi connectivity index (χ1v) is 7.60. The number of aromatic nitrogens is 2. The molecule has 1 amide bonds. The van der Waals surface area contributed by atoms with Gasteiger partial charge in [0, 0.05) is 6.07 Å². The number of nitrogens with one attached hydrogen (secondary N) is 1. The fourth-order valence-corrected chi connectivity index (χ4v) is 2.83. The molecule has 0 radical (unpaired) electrons. The maximum atomic E-state index is 12.5. The average molecular weight is 341 g/mol. The van der Waals surface area contributed by atoms with Crippen molar-refractivity contribution < 1.29 is 23.0 Å². The van der Waals surface area contributed by atoms with Crippen LogP contribution >= 0.6 is 11.3 Å². The highest BCUT2D eigenvalue weighted by Crippen LogP contribution is 2.32. The lowest BCUT2D eigenvalue weighted by molar-refractivity contribution is -0.121. The van der Waals surface area contributed by atoms with Crippen LogP contribution in [0.5, 0.6) is 11.5 Å². The van der Waals surface area contributed by atoms with Crippen LogP contribution in [0.2, 0.25) is 0 Å². The number of ether oxygens (including phenoxy) is 2. The largest absolute Gasteiger partial charge is 0.497 e. The molecule has 1 aliphatic rings. The number of methoxy groups -OCH3 is 1. The Kier molecular flexibility index (Phi) is 4.37. The van der Waals surface area contributed by atoms with Crippen molar-refractivity contribution in [3.05, 3.63) is 28.8 Å². The molecule has 0 spiro atoms. The number of hydrogen-bond donors (Lipinski definition) is 1. The molecular weight excluding hydrogens is 328 g/mol. The number of amides is 1. The lowest BCUT2D eigenvalue weighted by Crippen LogP contribution is -2.32. The van der Waals surface area contributed by atoms with Gasteiger partial charge in [0.05, 0.1) is 13.0 Å². The predicted molar refractivity (Wildman–Crippen MR) is 79.2 cm³/mol. The second-order valence-corrected chi connectivity index (χ2v) is 5.93. The standard InChI is InChI=1S/C14H13F2N3O3S/c1-21-9-3-2-7-4-8(6-22-10(7)5-9)12(20)17-14-19-18-13(23-14)11(15)16/h2-3,5,8,11H,4,6H2,1H3,(H,17,19,20)/t8-/m0/s1. The van der Waals surface area contributed by atoms with Crippen molar-refractivity contribution in [3.8, 4) is 11.5 Å². The molecule has 6 nitrogen and oxygen atoms in total. The molecule has 0 aliphatic carbocycles. The lowest BCUT2D eigenvalue weighted by atomic mass is 9.96. The highest BCUT2D eigenvalue weighted by molar-refractivity contribution is 7.15. The number of carbonyl (C=O) groups is 1. The van der Waals surface area contributed by atoms with E-state index in [1.54, 1.807) is 19.2 Å². The molecule has 2 aromatic rings. The van der Waals surface area contributed by atoms with Gasteiger partial charge in [-0.25, -0.2) is 8.78 Å². The van der Waals surface area contributed by atoms with E-state index in [-0.39, 0.29) is 17.6 Å². The van der Waals surface area contributed by atoms with Crippen LogP contribution < -0.4 is 14.8 Å². The molecule has 23 heavy (non-hydrogen) atoms. The maximum absolute atomic E-state index is 12.5. The molecule has 2 heterocycles. The van der Waals surface area contributed by atoms with Crippen molar-refractivity contribution in [1.29, 1.82) is 0 Å². The quantitative estimate of drug-likeness (QED) is 0.925. The highest BCUT2D eigenvalue weighted by Gasteiger charge is 2.27. The van der Waals surface area contributed by atoms with Crippen molar-refractivity contribution in [1.82, 2.24) is 10.2 Å². The number of benzene rings is 1. The summed E-state index contributed by atoms with van der Waals surface area (Å²) in [6, 6.07) is 5.40. The molecule has 1 aromatic carbocycles. The summed E-state index contributed by atoms with van der Waals surface area (Å²) in [4.78, 5) is 12.2. The summed E-state index contributed by atoms with van der Waals surface area (Å²) in [6.45, 7) is 0.201. The summed E-state index contributed by atoms with van der Waals surface area (Å²) in [7, 11) is 1.57. The number of fused-ring (bicyclic) bond motifs is 1. The molecule has 1 N–H and O–H groups in total. The highest BCUT2D eigenvalue weighted by atomic mass is 32.1. The number of alkyl halides is 2. The number of carbonyl (C=O) groups excluding carboxylic acids is 1. The van der Waals surface area contributed by atoms with E-state index >= 15 is 0 Å². The molecule has 122 valence electrons. The first-order valence-electron chi connectivity index (χ1n) is 6.79. The Morgan fingerprint density at radius 2 is 2.30 bits per heavy atom. The Bertz CT molecular complexity index is 723. The van der Waals surface area contributed by atoms with Gasteiger partial charge in [0.25, 0.3) is 6.43 Å². The van der Waals surface area contributed by atoms with Crippen LogP contribution in [0.15, 0.2) is 18.2 Å². The molecule has 0 fully saturated rings. The monoisotopic (exact) mass is 341 g/mol. The Morgan fingerprint density at radius 3 is 3.00 bits per heavy atom. The number of anilines is 1. The zero-order valence-corrected chi connectivity index (χ0v) is 12.9. The summed E-state index contributed by atoms with van der Waals surface area (Å²) in [5.41, 5.74) is 0.891. The zero-order valence-electron chi connectivity index (χ0n) is 12.1. The first kappa shape index (κ1) is 15.6. The van der Waals surface area contributed by atoms with Crippen LogP contribution in [0.3, 0.4) is 0 Å². The van der Waals surface area contributed by atoms with Crippen molar-refractivity contribution in [2.75, 3.05) is 19.0 Å². The van der Waals surface area contributed by atoms with Gasteiger partial charge in [-0.05, 0) is 18.1 Å². The molecule has 1 aromatic heterocycles. The molecule has 1 atom stereocenters. The number of hydrogen-bond acceptors (Lipinski definition) is 6. The third-order valence-corrected chi connectivity index (χ3v) is 4.25. The summed E-state index contributed by atoms with van der Waals surface area (Å²) in [5.74, 6) is 0.613. The predicted octanol–water partition coefficient (Wildman–Crippen LogP) is 2.67. The molecule has 0 saturated carbocycles. The summed E-state index contributed by atoms with van der Waals surface area (Å²) in [6.07, 6.45) is -2.20. The van der Waals surface area contributed by atoms with E-state index in [0.29, 0.717) is 29.3 Å². The van der Waals surface area contributed by atoms with Crippen molar-refractivity contribution >= 4 is 22.4 Å². The van der Waals surface area contributed by atoms with Crippen LogP contribution in [0, 0.1) is 5.92 Å². The second kappa shape index (κ2) is 6.45. The van der Waals surface area contributed by atoms with Gasteiger partial charge in [0.2, 0.25) is 11.0 Å². The van der Waals surface area contributed by atoms with Crippen molar-refractivity contribution in [3.63, 3.8) is 0 Å². The molecule has 1 aliphatic heterocycles. The van der Waals surface area contributed by atoms with Gasteiger partial charge < -0.3 is 14.8 Å².